The Labute approximate surface area is 171 Å². The van der Waals surface area contributed by atoms with Crippen LogP contribution in [0.2, 0.25) is 0 Å². The summed E-state index contributed by atoms with van der Waals surface area (Å²) in [6.45, 7) is 0.500. The molecule has 0 aliphatic rings. The van der Waals surface area contributed by atoms with Crippen molar-refractivity contribution in [3.05, 3.63) is 83.3 Å². The normalized spacial score (nSPS) is 11.0. The molecule has 0 bridgehead atoms. The third-order valence-corrected chi connectivity index (χ3v) is 5.28. The average Bonchev–Trinajstić information content (AvgIpc) is 3.42. The van der Waals surface area contributed by atoms with Crippen molar-refractivity contribution in [2.24, 2.45) is 0 Å². The van der Waals surface area contributed by atoms with Gasteiger partial charge in [0.05, 0.1) is 0 Å². The Morgan fingerprint density at radius 2 is 1.90 bits per heavy atom. The molecule has 0 spiro atoms. The number of imidazole rings is 1. The zero-order chi connectivity index (χ0) is 19.6. The van der Waals surface area contributed by atoms with Gasteiger partial charge in [-0.25, -0.2) is 14.5 Å². The van der Waals surface area contributed by atoms with Crippen molar-refractivity contribution in [1.82, 2.24) is 19.6 Å². The van der Waals surface area contributed by atoms with Gasteiger partial charge in [-0.05, 0) is 29.1 Å². The van der Waals surface area contributed by atoms with Gasteiger partial charge < -0.3 is 10.5 Å². The summed E-state index contributed by atoms with van der Waals surface area (Å²) in [5.41, 5.74) is 10.6. The molecule has 0 amide bonds. The number of nitrogens with zero attached hydrogens (tertiary/aromatic N) is 4. The van der Waals surface area contributed by atoms with Crippen molar-refractivity contribution < 1.29 is 4.74 Å². The number of aromatic nitrogens is 4. The Balaban J connectivity index is 1.56. The second-order valence-corrected chi connectivity index (χ2v) is 7.28. The monoisotopic (exact) mass is 399 g/mol. The van der Waals surface area contributed by atoms with E-state index in [1.807, 2.05) is 71.4 Å². The summed E-state index contributed by atoms with van der Waals surface area (Å²) in [7, 11) is 0. The van der Waals surface area contributed by atoms with Crippen molar-refractivity contribution in [1.29, 1.82) is 0 Å². The highest BCUT2D eigenvalue weighted by Gasteiger charge is 2.18. The van der Waals surface area contributed by atoms with Crippen molar-refractivity contribution in [3.8, 4) is 28.4 Å². The van der Waals surface area contributed by atoms with E-state index < -0.39 is 0 Å². The van der Waals surface area contributed by atoms with Crippen LogP contribution in [0.15, 0.2) is 77.8 Å². The van der Waals surface area contributed by atoms with Gasteiger partial charge in [-0.2, -0.15) is 16.4 Å². The van der Waals surface area contributed by atoms with Crippen LogP contribution in [0.5, 0.6) is 5.75 Å². The van der Waals surface area contributed by atoms with E-state index in [1.165, 1.54) is 6.33 Å². The smallest absolute Gasteiger partial charge is 0.163 e. The predicted molar refractivity (Wildman–Crippen MR) is 115 cm³/mol. The Hall–Kier alpha value is -3.71. The topological polar surface area (TPSA) is 78.3 Å². The molecule has 0 unspecified atom stereocenters. The first kappa shape index (κ1) is 17.4. The quantitative estimate of drug-likeness (QED) is 0.464. The van der Waals surface area contributed by atoms with Crippen LogP contribution in [-0.4, -0.2) is 19.6 Å². The largest absolute Gasteiger partial charge is 0.489 e. The zero-order valence-electron chi connectivity index (χ0n) is 15.4. The molecule has 0 atom stereocenters. The predicted octanol–water partition coefficient (Wildman–Crippen LogP) is 4.68. The highest BCUT2D eigenvalue weighted by molar-refractivity contribution is 7.08. The highest BCUT2D eigenvalue weighted by Crippen LogP contribution is 2.33. The van der Waals surface area contributed by atoms with Crippen molar-refractivity contribution in [3.63, 3.8) is 0 Å². The van der Waals surface area contributed by atoms with Crippen LogP contribution >= 0.6 is 11.3 Å². The number of nitrogens with two attached hydrogens (primary N) is 1. The van der Waals surface area contributed by atoms with Crippen molar-refractivity contribution >= 4 is 22.7 Å². The van der Waals surface area contributed by atoms with Crippen LogP contribution in [0, 0.1) is 0 Å². The summed E-state index contributed by atoms with van der Waals surface area (Å²) in [5, 5.41) is 8.43. The van der Waals surface area contributed by atoms with Crippen LogP contribution < -0.4 is 10.5 Å². The molecule has 0 aliphatic carbocycles. The Bertz CT molecular complexity index is 1270. The van der Waals surface area contributed by atoms with Crippen LogP contribution in [0.25, 0.3) is 28.2 Å². The van der Waals surface area contributed by atoms with E-state index in [0.29, 0.717) is 17.9 Å². The lowest BCUT2D eigenvalue weighted by molar-refractivity contribution is 0.306. The van der Waals surface area contributed by atoms with Gasteiger partial charge in [-0.1, -0.05) is 42.5 Å². The Morgan fingerprint density at radius 1 is 1.00 bits per heavy atom. The van der Waals surface area contributed by atoms with Crippen LogP contribution in [-0.2, 0) is 6.61 Å². The number of hydrogen-bond donors (Lipinski definition) is 1. The maximum absolute atomic E-state index is 6.19. The second-order valence-electron chi connectivity index (χ2n) is 6.50. The summed E-state index contributed by atoms with van der Waals surface area (Å²) >= 11 is 1.61. The summed E-state index contributed by atoms with van der Waals surface area (Å²) < 4.78 is 7.73. The van der Waals surface area contributed by atoms with E-state index in [0.717, 1.165) is 34.0 Å². The lowest BCUT2D eigenvalue weighted by atomic mass is 10.1. The second kappa shape index (κ2) is 7.37. The minimum atomic E-state index is 0.389. The van der Waals surface area contributed by atoms with Gasteiger partial charge in [0.15, 0.2) is 11.6 Å². The van der Waals surface area contributed by atoms with Crippen LogP contribution in [0.3, 0.4) is 0 Å². The standard InChI is InChI=1S/C22H17N5OS/c23-21-20-19(26-22(17-9-10-29-13-17)27(20)25-14-24-21)16-7-4-8-18(11-16)28-12-15-5-2-1-3-6-15/h1-11,13-14H,12H2,(H2,23,24,25). The molecule has 6 nitrogen and oxygen atoms in total. The highest BCUT2D eigenvalue weighted by atomic mass is 32.1. The van der Waals surface area contributed by atoms with Crippen molar-refractivity contribution in [2.45, 2.75) is 6.61 Å². The van der Waals surface area contributed by atoms with Crippen LogP contribution in [0.1, 0.15) is 5.56 Å². The third kappa shape index (κ3) is 3.32. The molecular weight excluding hydrogens is 382 g/mol. The molecule has 142 valence electrons. The van der Waals surface area contributed by atoms with E-state index in [1.54, 1.807) is 15.9 Å². The molecule has 2 aromatic carbocycles. The summed E-state index contributed by atoms with van der Waals surface area (Å²) in [6, 6.07) is 19.9. The molecule has 7 heteroatoms. The molecule has 0 saturated heterocycles. The van der Waals surface area contributed by atoms with Gasteiger partial charge in [0.2, 0.25) is 0 Å². The van der Waals surface area contributed by atoms with E-state index in [-0.39, 0.29) is 0 Å². The van der Waals surface area contributed by atoms with Crippen LogP contribution in [0.4, 0.5) is 5.82 Å². The summed E-state index contributed by atoms with van der Waals surface area (Å²) in [4.78, 5) is 9.02. The van der Waals surface area contributed by atoms with Crippen molar-refractivity contribution in [2.75, 3.05) is 5.73 Å². The average molecular weight is 399 g/mol. The number of hydrogen-bond acceptors (Lipinski definition) is 6. The maximum Gasteiger partial charge on any atom is 0.163 e. The SMILES string of the molecule is Nc1ncnn2c(-c3ccsc3)nc(-c3cccc(OCc4ccccc4)c3)c12. The number of nitrogen functional groups attached to an aromatic ring is 1. The van der Waals surface area contributed by atoms with Gasteiger partial charge in [-0.15, -0.1) is 0 Å². The molecule has 5 rings (SSSR count). The fraction of sp³-hybridized carbons (Fsp3) is 0.0455. The lowest BCUT2D eigenvalue weighted by Crippen LogP contribution is -2.00. The molecule has 3 heterocycles. The van der Waals surface area contributed by atoms with Gasteiger partial charge in [-0.3, -0.25) is 0 Å². The number of benzene rings is 2. The number of rotatable bonds is 5. The first-order valence-electron chi connectivity index (χ1n) is 9.08. The number of fused-ring (bicyclic) bond motifs is 1. The molecular formula is C22H17N5OS. The van der Waals surface area contributed by atoms with Gasteiger partial charge >= 0.3 is 0 Å². The molecule has 0 aliphatic heterocycles. The number of ether oxygens (including phenoxy) is 1. The molecule has 3 aromatic heterocycles. The Kier molecular flexibility index (Phi) is 4.42. The minimum Gasteiger partial charge on any atom is -0.489 e. The number of anilines is 1. The van der Waals surface area contributed by atoms with E-state index in [9.17, 15) is 0 Å². The first-order chi connectivity index (χ1) is 14.3. The first-order valence-corrected chi connectivity index (χ1v) is 10.0. The van der Waals surface area contributed by atoms with E-state index in [4.69, 9.17) is 15.5 Å². The van der Waals surface area contributed by atoms with E-state index in [2.05, 4.69) is 10.1 Å². The van der Waals surface area contributed by atoms with Gasteiger partial charge in [0, 0.05) is 16.5 Å². The van der Waals surface area contributed by atoms with Gasteiger partial charge in [0.25, 0.3) is 0 Å². The maximum atomic E-state index is 6.19. The molecule has 0 saturated carbocycles. The van der Waals surface area contributed by atoms with E-state index >= 15 is 0 Å². The molecule has 2 N–H and O–H groups in total. The molecule has 5 aromatic rings. The fourth-order valence-electron chi connectivity index (χ4n) is 3.21. The summed E-state index contributed by atoms with van der Waals surface area (Å²) in [5.74, 6) is 1.89. The zero-order valence-corrected chi connectivity index (χ0v) is 16.2. The molecule has 0 fully saturated rings. The van der Waals surface area contributed by atoms with Gasteiger partial charge in [0.1, 0.15) is 29.9 Å². The third-order valence-electron chi connectivity index (χ3n) is 4.60. The number of thiophene rings is 1. The fourth-order valence-corrected chi connectivity index (χ4v) is 3.84. The Morgan fingerprint density at radius 3 is 2.72 bits per heavy atom. The minimum absolute atomic E-state index is 0.389. The summed E-state index contributed by atoms with van der Waals surface area (Å²) in [6.07, 6.45) is 1.45. The molecule has 29 heavy (non-hydrogen) atoms. The lowest BCUT2D eigenvalue weighted by Gasteiger charge is -2.08. The molecule has 0 radical (unpaired) electrons.